The number of urea groups is 1. The van der Waals surface area contributed by atoms with E-state index in [-0.39, 0.29) is 12.1 Å². The summed E-state index contributed by atoms with van der Waals surface area (Å²) in [5.41, 5.74) is 0. The van der Waals surface area contributed by atoms with Crippen molar-refractivity contribution in [3.63, 3.8) is 0 Å². The largest absolute Gasteiger partial charge is 0.469 e. The van der Waals surface area contributed by atoms with Crippen molar-refractivity contribution in [2.24, 2.45) is 0 Å². The summed E-state index contributed by atoms with van der Waals surface area (Å²) in [7, 11) is 0. The third-order valence-corrected chi connectivity index (χ3v) is 2.85. The van der Waals surface area contributed by atoms with Crippen LogP contribution in [0.5, 0.6) is 0 Å². The van der Waals surface area contributed by atoms with Crippen molar-refractivity contribution in [3.8, 4) is 0 Å². The zero-order valence-corrected chi connectivity index (χ0v) is 9.61. The zero-order chi connectivity index (χ0) is 11.4. The molecule has 4 heteroatoms. The van der Waals surface area contributed by atoms with Crippen LogP contribution in [-0.2, 0) is 6.42 Å². The van der Waals surface area contributed by atoms with Crippen LogP contribution in [0.15, 0.2) is 22.8 Å². The standard InChI is InChI=1S/C12H18N2O2/c1-10(9-11-5-4-8-16-11)13-12(15)14-6-2-3-7-14/h4-5,8,10H,2-3,6-7,9H2,1H3,(H,13,15). The summed E-state index contributed by atoms with van der Waals surface area (Å²) in [6.45, 7) is 3.77. The molecule has 2 heterocycles. The number of nitrogens with zero attached hydrogens (tertiary/aromatic N) is 1. The summed E-state index contributed by atoms with van der Waals surface area (Å²) >= 11 is 0. The summed E-state index contributed by atoms with van der Waals surface area (Å²) in [6.07, 6.45) is 4.65. The molecule has 4 nitrogen and oxygen atoms in total. The first-order valence-electron chi connectivity index (χ1n) is 5.83. The molecular weight excluding hydrogens is 204 g/mol. The number of rotatable bonds is 3. The van der Waals surface area contributed by atoms with Crippen molar-refractivity contribution in [3.05, 3.63) is 24.2 Å². The van der Waals surface area contributed by atoms with Gasteiger partial charge in [-0.3, -0.25) is 0 Å². The molecule has 2 rings (SSSR count). The van der Waals surface area contributed by atoms with Crippen molar-refractivity contribution in [2.45, 2.75) is 32.2 Å². The van der Waals surface area contributed by atoms with Gasteiger partial charge in [0.25, 0.3) is 0 Å². The summed E-state index contributed by atoms with van der Waals surface area (Å²) in [5, 5.41) is 2.99. The van der Waals surface area contributed by atoms with E-state index < -0.39 is 0 Å². The second-order valence-electron chi connectivity index (χ2n) is 4.33. The number of carbonyl (C=O) groups excluding carboxylic acids is 1. The summed E-state index contributed by atoms with van der Waals surface area (Å²) in [5.74, 6) is 0.911. The Morgan fingerprint density at radius 2 is 2.31 bits per heavy atom. The SMILES string of the molecule is CC(Cc1ccco1)NC(=O)N1CCCC1. The van der Waals surface area contributed by atoms with Crippen LogP contribution in [-0.4, -0.2) is 30.1 Å². The number of amides is 2. The number of nitrogens with one attached hydrogen (secondary N) is 1. The minimum absolute atomic E-state index is 0.0524. The molecule has 1 unspecified atom stereocenters. The molecule has 1 saturated heterocycles. The molecule has 1 N–H and O–H groups in total. The molecule has 0 saturated carbocycles. The fraction of sp³-hybridized carbons (Fsp3) is 0.583. The summed E-state index contributed by atoms with van der Waals surface area (Å²) in [6, 6.07) is 3.96. The van der Waals surface area contributed by atoms with E-state index in [1.165, 1.54) is 0 Å². The quantitative estimate of drug-likeness (QED) is 0.850. The third-order valence-electron chi connectivity index (χ3n) is 2.85. The van der Waals surface area contributed by atoms with Crippen molar-refractivity contribution < 1.29 is 9.21 Å². The van der Waals surface area contributed by atoms with E-state index in [0.29, 0.717) is 0 Å². The van der Waals surface area contributed by atoms with Crippen LogP contribution >= 0.6 is 0 Å². The first kappa shape index (κ1) is 11.0. The van der Waals surface area contributed by atoms with E-state index >= 15 is 0 Å². The maximum absolute atomic E-state index is 11.8. The van der Waals surface area contributed by atoms with Crippen molar-refractivity contribution in [1.29, 1.82) is 0 Å². The van der Waals surface area contributed by atoms with E-state index in [1.54, 1.807) is 6.26 Å². The van der Waals surface area contributed by atoms with E-state index in [4.69, 9.17) is 4.42 Å². The fourth-order valence-electron chi connectivity index (χ4n) is 2.00. The van der Waals surface area contributed by atoms with E-state index in [0.717, 1.165) is 38.1 Å². The van der Waals surface area contributed by atoms with Crippen LogP contribution in [0.4, 0.5) is 4.79 Å². The zero-order valence-electron chi connectivity index (χ0n) is 9.61. The van der Waals surface area contributed by atoms with Crippen molar-refractivity contribution in [1.82, 2.24) is 10.2 Å². The molecule has 0 aromatic carbocycles. The Morgan fingerprint density at radius 3 is 2.94 bits per heavy atom. The first-order valence-corrected chi connectivity index (χ1v) is 5.83. The molecule has 0 bridgehead atoms. The third kappa shape index (κ3) is 2.78. The van der Waals surface area contributed by atoms with Gasteiger partial charge >= 0.3 is 6.03 Å². The summed E-state index contributed by atoms with van der Waals surface area (Å²) in [4.78, 5) is 13.6. The van der Waals surface area contributed by atoms with Crippen LogP contribution < -0.4 is 5.32 Å². The van der Waals surface area contributed by atoms with Crippen LogP contribution in [0.3, 0.4) is 0 Å². The molecule has 1 aromatic rings. The van der Waals surface area contributed by atoms with E-state index in [1.807, 2.05) is 24.0 Å². The number of likely N-dealkylation sites (tertiary alicyclic amines) is 1. The average molecular weight is 222 g/mol. The maximum Gasteiger partial charge on any atom is 0.317 e. The number of furan rings is 1. The highest BCUT2D eigenvalue weighted by molar-refractivity contribution is 5.74. The average Bonchev–Trinajstić information content (AvgIpc) is 2.88. The molecule has 88 valence electrons. The van der Waals surface area contributed by atoms with Crippen molar-refractivity contribution >= 4 is 6.03 Å². The topological polar surface area (TPSA) is 45.5 Å². The lowest BCUT2D eigenvalue weighted by Gasteiger charge is -2.19. The number of hydrogen-bond acceptors (Lipinski definition) is 2. The first-order chi connectivity index (χ1) is 7.75. The normalized spacial score (nSPS) is 17.4. The highest BCUT2D eigenvalue weighted by atomic mass is 16.3. The number of hydrogen-bond donors (Lipinski definition) is 1. The minimum Gasteiger partial charge on any atom is -0.469 e. The van der Waals surface area contributed by atoms with Crippen LogP contribution in [0.2, 0.25) is 0 Å². The minimum atomic E-state index is 0.0524. The molecule has 1 fully saturated rings. The predicted molar refractivity (Wildman–Crippen MR) is 61.2 cm³/mol. The second kappa shape index (κ2) is 5.05. The Balaban J connectivity index is 1.78. The fourth-order valence-corrected chi connectivity index (χ4v) is 2.00. The Bertz CT molecular complexity index is 329. The molecule has 16 heavy (non-hydrogen) atoms. The van der Waals surface area contributed by atoms with E-state index in [9.17, 15) is 4.79 Å². The Hall–Kier alpha value is -1.45. The van der Waals surface area contributed by atoms with Crippen LogP contribution in [0.25, 0.3) is 0 Å². The Labute approximate surface area is 95.6 Å². The van der Waals surface area contributed by atoms with Gasteiger partial charge in [-0.1, -0.05) is 0 Å². The van der Waals surface area contributed by atoms with Gasteiger partial charge in [0.1, 0.15) is 5.76 Å². The van der Waals surface area contributed by atoms with Gasteiger partial charge in [-0.2, -0.15) is 0 Å². The Morgan fingerprint density at radius 1 is 1.56 bits per heavy atom. The monoisotopic (exact) mass is 222 g/mol. The lowest BCUT2D eigenvalue weighted by atomic mass is 10.2. The van der Waals surface area contributed by atoms with Gasteiger partial charge in [0.05, 0.1) is 6.26 Å². The second-order valence-corrected chi connectivity index (χ2v) is 4.33. The molecule has 1 aliphatic rings. The molecule has 0 radical (unpaired) electrons. The van der Waals surface area contributed by atoms with Gasteiger partial charge in [0, 0.05) is 25.6 Å². The molecule has 1 aromatic heterocycles. The lowest BCUT2D eigenvalue weighted by molar-refractivity contribution is 0.205. The molecule has 0 spiro atoms. The molecular formula is C12H18N2O2. The number of carbonyl (C=O) groups is 1. The smallest absolute Gasteiger partial charge is 0.317 e. The predicted octanol–water partition coefficient (Wildman–Crippen LogP) is 2.02. The molecule has 1 aliphatic heterocycles. The maximum atomic E-state index is 11.8. The van der Waals surface area contributed by atoms with Crippen LogP contribution in [0.1, 0.15) is 25.5 Å². The molecule has 2 amide bonds. The highest BCUT2D eigenvalue weighted by Gasteiger charge is 2.19. The van der Waals surface area contributed by atoms with Gasteiger partial charge in [-0.05, 0) is 31.9 Å². The molecule has 0 aliphatic carbocycles. The molecule has 1 atom stereocenters. The summed E-state index contributed by atoms with van der Waals surface area (Å²) < 4.78 is 5.25. The van der Waals surface area contributed by atoms with Gasteiger partial charge in [0.15, 0.2) is 0 Å². The van der Waals surface area contributed by atoms with E-state index in [2.05, 4.69) is 5.32 Å². The van der Waals surface area contributed by atoms with Gasteiger partial charge < -0.3 is 14.6 Å². The Kier molecular flexibility index (Phi) is 3.49. The van der Waals surface area contributed by atoms with Crippen LogP contribution in [0, 0.1) is 0 Å². The highest BCUT2D eigenvalue weighted by Crippen LogP contribution is 2.08. The van der Waals surface area contributed by atoms with Gasteiger partial charge in [-0.15, -0.1) is 0 Å². The lowest BCUT2D eigenvalue weighted by Crippen LogP contribution is -2.43. The van der Waals surface area contributed by atoms with Crippen molar-refractivity contribution in [2.75, 3.05) is 13.1 Å². The van der Waals surface area contributed by atoms with Gasteiger partial charge in [0.2, 0.25) is 0 Å². The van der Waals surface area contributed by atoms with Gasteiger partial charge in [-0.25, -0.2) is 4.79 Å².